The molecule has 0 aliphatic carbocycles. The van der Waals surface area contributed by atoms with Crippen LogP contribution in [0, 0.1) is 6.92 Å². The van der Waals surface area contributed by atoms with Crippen molar-refractivity contribution in [3.63, 3.8) is 0 Å². The molecule has 0 radical (unpaired) electrons. The van der Waals surface area contributed by atoms with E-state index in [4.69, 9.17) is 4.74 Å². The van der Waals surface area contributed by atoms with Crippen LogP contribution in [-0.2, 0) is 13.6 Å². The highest BCUT2D eigenvalue weighted by Gasteiger charge is 2.12. The maximum Gasteiger partial charge on any atom is 0.143 e. The summed E-state index contributed by atoms with van der Waals surface area (Å²) in [5.74, 6) is 1.78. The number of nitrogens with zero attached hydrogens (tertiary/aromatic N) is 2. The first kappa shape index (κ1) is 12.6. The Morgan fingerprint density at radius 3 is 2.83 bits per heavy atom. The number of imidazole rings is 1. The Bertz CT molecular complexity index is 546. The van der Waals surface area contributed by atoms with E-state index < -0.39 is 0 Å². The number of rotatable bonds is 4. The molecule has 0 unspecified atom stereocenters. The Labute approximate surface area is 108 Å². The van der Waals surface area contributed by atoms with Gasteiger partial charge in [0.25, 0.3) is 0 Å². The minimum Gasteiger partial charge on any atom is -0.496 e. The van der Waals surface area contributed by atoms with Crippen LogP contribution in [0.1, 0.15) is 11.3 Å². The van der Waals surface area contributed by atoms with Crippen LogP contribution in [0.15, 0.2) is 24.4 Å². The van der Waals surface area contributed by atoms with Gasteiger partial charge >= 0.3 is 0 Å². The van der Waals surface area contributed by atoms with Crippen LogP contribution < -0.4 is 10.1 Å². The zero-order chi connectivity index (χ0) is 13.1. The molecule has 1 heterocycles. The third-order valence-electron chi connectivity index (χ3n) is 2.88. The predicted octanol–water partition coefficient (Wildman–Crippen LogP) is 2.12. The van der Waals surface area contributed by atoms with Crippen LogP contribution in [0.5, 0.6) is 5.75 Å². The Morgan fingerprint density at radius 1 is 1.39 bits per heavy atom. The van der Waals surface area contributed by atoms with Gasteiger partial charge in [0.2, 0.25) is 0 Å². The highest BCUT2D eigenvalue weighted by molar-refractivity contribution is 5.66. The largest absolute Gasteiger partial charge is 0.496 e. The summed E-state index contributed by atoms with van der Waals surface area (Å²) in [6, 6.07) is 6.13. The van der Waals surface area contributed by atoms with Crippen LogP contribution in [0.2, 0.25) is 0 Å². The van der Waals surface area contributed by atoms with Crippen molar-refractivity contribution < 1.29 is 4.74 Å². The van der Waals surface area contributed by atoms with Gasteiger partial charge in [-0.25, -0.2) is 4.98 Å². The highest BCUT2D eigenvalue weighted by Crippen LogP contribution is 2.29. The topological polar surface area (TPSA) is 39.1 Å². The molecule has 1 aromatic carbocycles. The number of ether oxygens (including phenoxy) is 1. The summed E-state index contributed by atoms with van der Waals surface area (Å²) in [5, 5.41) is 3.11. The molecule has 0 aliphatic rings. The molecule has 1 N–H and O–H groups in total. The van der Waals surface area contributed by atoms with Gasteiger partial charge in [0.15, 0.2) is 0 Å². The van der Waals surface area contributed by atoms with Crippen molar-refractivity contribution in [1.29, 1.82) is 0 Å². The second kappa shape index (κ2) is 5.23. The van der Waals surface area contributed by atoms with Gasteiger partial charge in [-0.05, 0) is 26.1 Å². The third-order valence-corrected chi connectivity index (χ3v) is 2.88. The molecule has 0 spiro atoms. The molecule has 18 heavy (non-hydrogen) atoms. The fraction of sp³-hybridized carbons (Fsp3) is 0.357. The number of hydrogen-bond acceptors (Lipinski definition) is 3. The zero-order valence-electron chi connectivity index (χ0n) is 11.3. The Morgan fingerprint density at radius 2 is 2.17 bits per heavy atom. The molecule has 0 bridgehead atoms. The van der Waals surface area contributed by atoms with Crippen molar-refractivity contribution in [2.75, 3.05) is 14.2 Å². The summed E-state index contributed by atoms with van der Waals surface area (Å²) in [4.78, 5) is 4.64. The van der Waals surface area contributed by atoms with E-state index in [0.29, 0.717) is 0 Å². The lowest BCUT2D eigenvalue weighted by atomic mass is 10.1. The van der Waals surface area contributed by atoms with Crippen LogP contribution >= 0.6 is 0 Å². The smallest absolute Gasteiger partial charge is 0.143 e. The SMILES string of the molecule is CNCc1cn(C)c(-c2cc(C)ccc2OC)n1. The van der Waals surface area contributed by atoms with Crippen molar-refractivity contribution in [1.82, 2.24) is 14.9 Å². The number of benzene rings is 1. The minimum absolute atomic E-state index is 0.766. The van der Waals surface area contributed by atoms with Crippen molar-refractivity contribution in [3.05, 3.63) is 35.7 Å². The van der Waals surface area contributed by atoms with Gasteiger partial charge in [0.05, 0.1) is 18.4 Å². The van der Waals surface area contributed by atoms with Crippen molar-refractivity contribution in [2.24, 2.45) is 7.05 Å². The molecule has 0 aliphatic heterocycles. The Balaban J connectivity index is 2.50. The van der Waals surface area contributed by atoms with Gasteiger partial charge in [-0.3, -0.25) is 0 Å². The maximum atomic E-state index is 5.41. The van der Waals surface area contributed by atoms with E-state index in [1.54, 1.807) is 7.11 Å². The fourth-order valence-corrected chi connectivity index (χ4v) is 2.04. The number of aryl methyl sites for hydroxylation is 2. The number of aromatic nitrogens is 2. The average Bonchev–Trinajstić information content (AvgIpc) is 2.70. The summed E-state index contributed by atoms with van der Waals surface area (Å²) < 4.78 is 7.44. The quantitative estimate of drug-likeness (QED) is 0.896. The van der Waals surface area contributed by atoms with E-state index in [1.165, 1.54) is 5.56 Å². The number of hydrogen-bond donors (Lipinski definition) is 1. The normalized spacial score (nSPS) is 10.7. The lowest BCUT2D eigenvalue weighted by molar-refractivity contribution is 0.416. The molecule has 96 valence electrons. The molecule has 2 rings (SSSR count). The van der Waals surface area contributed by atoms with Gasteiger partial charge in [-0.15, -0.1) is 0 Å². The molecule has 0 atom stereocenters. The van der Waals surface area contributed by atoms with Gasteiger partial charge in [-0.2, -0.15) is 0 Å². The first-order valence-corrected chi connectivity index (χ1v) is 5.97. The highest BCUT2D eigenvalue weighted by atomic mass is 16.5. The summed E-state index contributed by atoms with van der Waals surface area (Å²) in [5.41, 5.74) is 3.25. The van der Waals surface area contributed by atoms with E-state index in [0.717, 1.165) is 29.4 Å². The summed E-state index contributed by atoms with van der Waals surface area (Å²) in [6.45, 7) is 2.84. The second-order valence-electron chi connectivity index (χ2n) is 4.40. The first-order chi connectivity index (χ1) is 8.65. The molecule has 0 amide bonds. The van der Waals surface area contributed by atoms with Crippen molar-refractivity contribution in [3.8, 4) is 17.1 Å². The van der Waals surface area contributed by atoms with E-state index in [1.807, 2.05) is 37.0 Å². The first-order valence-electron chi connectivity index (χ1n) is 5.97. The van der Waals surface area contributed by atoms with E-state index in [9.17, 15) is 0 Å². The van der Waals surface area contributed by atoms with Crippen LogP contribution in [0.3, 0.4) is 0 Å². The lowest BCUT2D eigenvalue weighted by Gasteiger charge is -2.09. The molecular formula is C14H19N3O. The summed E-state index contributed by atoms with van der Waals surface area (Å²) in [7, 11) is 5.61. The lowest BCUT2D eigenvalue weighted by Crippen LogP contribution is -2.05. The second-order valence-corrected chi connectivity index (χ2v) is 4.40. The summed E-state index contributed by atoms with van der Waals surface area (Å²) in [6.07, 6.45) is 2.04. The molecule has 0 saturated heterocycles. The molecule has 1 aromatic heterocycles. The number of nitrogens with one attached hydrogen (secondary N) is 1. The van der Waals surface area contributed by atoms with E-state index in [2.05, 4.69) is 23.3 Å². The van der Waals surface area contributed by atoms with E-state index >= 15 is 0 Å². The standard InChI is InChI=1S/C14H19N3O/c1-10-5-6-13(18-4)12(7-10)14-16-11(8-15-2)9-17(14)3/h5-7,9,15H,8H2,1-4H3. The van der Waals surface area contributed by atoms with Crippen molar-refractivity contribution >= 4 is 0 Å². The van der Waals surface area contributed by atoms with Gasteiger partial charge in [0.1, 0.15) is 11.6 Å². The molecule has 0 saturated carbocycles. The van der Waals surface area contributed by atoms with Crippen LogP contribution in [-0.4, -0.2) is 23.7 Å². The Kier molecular flexibility index (Phi) is 3.67. The molecular weight excluding hydrogens is 226 g/mol. The van der Waals surface area contributed by atoms with Crippen molar-refractivity contribution in [2.45, 2.75) is 13.5 Å². The Hall–Kier alpha value is -1.81. The summed E-state index contributed by atoms with van der Waals surface area (Å²) >= 11 is 0. The predicted molar refractivity (Wildman–Crippen MR) is 72.7 cm³/mol. The molecule has 0 fully saturated rings. The van der Waals surface area contributed by atoms with Crippen LogP contribution in [0.25, 0.3) is 11.4 Å². The van der Waals surface area contributed by atoms with E-state index in [-0.39, 0.29) is 0 Å². The van der Waals surface area contributed by atoms with Crippen LogP contribution in [0.4, 0.5) is 0 Å². The van der Waals surface area contributed by atoms with Gasteiger partial charge in [-0.1, -0.05) is 11.6 Å². The molecule has 4 nitrogen and oxygen atoms in total. The zero-order valence-corrected chi connectivity index (χ0v) is 11.3. The fourth-order valence-electron chi connectivity index (χ4n) is 2.04. The van der Waals surface area contributed by atoms with Gasteiger partial charge in [0, 0.05) is 19.8 Å². The number of methoxy groups -OCH3 is 1. The molecule has 4 heteroatoms. The average molecular weight is 245 g/mol. The van der Waals surface area contributed by atoms with Gasteiger partial charge < -0.3 is 14.6 Å². The maximum absolute atomic E-state index is 5.41. The third kappa shape index (κ3) is 2.38. The molecule has 2 aromatic rings. The monoisotopic (exact) mass is 245 g/mol. The minimum atomic E-state index is 0.766.